The van der Waals surface area contributed by atoms with Gasteiger partial charge in [0.25, 0.3) is 5.91 Å². The van der Waals surface area contributed by atoms with Crippen LogP contribution in [0, 0.1) is 5.92 Å². The molecule has 2 heterocycles. The minimum Gasteiger partial charge on any atom is -0.372 e. The van der Waals surface area contributed by atoms with Crippen molar-refractivity contribution in [2.45, 2.75) is 64.0 Å². The highest BCUT2D eigenvalue weighted by atomic mass is 16.2. The number of benzene rings is 1. The summed E-state index contributed by atoms with van der Waals surface area (Å²) in [6, 6.07) is 8.48. The summed E-state index contributed by atoms with van der Waals surface area (Å²) in [5, 5.41) is 3.01. The van der Waals surface area contributed by atoms with Crippen molar-refractivity contribution in [2.24, 2.45) is 5.92 Å². The van der Waals surface area contributed by atoms with Gasteiger partial charge >= 0.3 is 6.03 Å². The minimum absolute atomic E-state index is 0.0401. The van der Waals surface area contributed by atoms with Crippen molar-refractivity contribution in [1.29, 1.82) is 0 Å². The number of hydrogen-bond acceptors (Lipinski definition) is 4. The Morgan fingerprint density at radius 1 is 1.07 bits per heavy atom. The second-order valence-electron chi connectivity index (χ2n) is 9.30. The first kappa shape index (κ1) is 20.2. The van der Waals surface area contributed by atoms with E-state index in [1.54, 1.807) is 0 Å². The van der Waals surface area contributed by atoms with Gasteiger partial charge in [0.1, 0.15) is 5.54 Å². The maximum Gasteiger partial charge on any atom is 0.326 e. The Balaban J connectivity index is 1.34. The normalized spacial score (nSPS) is 27.8. The molecule has 3 aliphatic rings. The fraction of sp³-hybridized carbons (Fsp3) is 0.652. The van der Waals surface area contributed by atoms with Crippen LogP contribution >= 0.6 is 0 Å². The summed E-state index contributed by atoms with van der Waals surface area (Å²) in [5.74, 6) is 0.594. The van der Waals surface area contributed by atoms with E-state index in [2.05, 4.69) is 41.4 Å². The molecule has 2 saturated heterocycles. The van der Waals surface area contributed by atoms with Crippen LogP contribution in [0.15, 0.2) is 24.3 Å². The van der Waals surface area contributed by atoms with Crippen LogP contribution in [0.5, 0.6) is 0 Å². The third-order valence-electron chi connectivity index (χ3n) is 6.87. The SMILES string of the molecule is CC1CCC2(CC1)NC(=O)N(CN(C)Cc1ccc(N3CCCCC3)cc1)C2=O. The number of nitrogens with one attached hydrogen (secondary N) is 1. The van der Waals surface area contributed by atoms with Gasteiger partial charge in [-0.25, -0.2) is 9.69 Å². The molecule has 1 spiro atoms. The Morgan fingerprint density at radius 2 is 1.72 bits per heavy atom. The van der Waals surface area contributed by atoms with Crippen molar-refractivity contribution in [1.82, 2.24) is 15.1 Å². The number of carbonyl (C=O) groups excluding carboxylic acids is 2. The summed E-state index contributed by atoms with van der Waals surface area (Å²) in [7, 11) is 1.97. The number of amides is 3. The van der Waals surface area contributed by atoms with Crippen LogP contribution in [0.25, 0.3) is 0 Å². The van der Waals surface area contributed by atoms with Gasteiger partial charge in [-0.15, -0.1) is 0 Å². The first-order chi connectivity index (χ1) is 14.0. The third kappa shape index (κ3) is 4.27. The van der Waals surface area contributed by atoms with Gasteiger partial charge < -0.3 is 10.2 Å². The largest absolute Gasteiger partial charge is 0.372 e. The van der Waals surface area contributed by atoms with Crippen molar-refractivity contribution in [3.63, 3.8) is 0 Å². The minimum atomic E-state index is -0.652. The molecule has 0 bridgehead atoms. The molecular formula is C23H34N4O2. The van der Waals surface area contributed by atoms with Gasteiger partial charge in [-0.2, -0.15) is 0 Å². The quantitative estimate of drug-likeness (QED) is 0.771. The van der Waals surface area contributed by atoms with E-state index >= 15 is 0 Å². The van der Waals surface area contributed by atoms with Crippen LogP contribution in [-0.2, 0) is 11.3 Å². The van der Waals surface area contributed by atoms with E-state index < -0.39 is 5.54 Å². The number of piperidine rings is 1. The van der Waals surface area contributed by atoms with E-state index in [1.165, 1.54) is 35.4 Å². The van der Waals surface area contributed by atoms with Gasteiger partial charge in [0.2, 0.25) is 0 Å². The Hall–Kier alpha value is -2.08. The number of nitrogens with zero attached hydrogens (tertiary/aromatic N) is 3. The van der Waals surface area contributed by atoms with Gasteiger partial charge in [0.05, 0.1) is 6.67 Å². The highest BCUT2D eigenvalue weighted by molar-refractivity contribution is 6.07. The lowest BCUT2D eigenvalue weighted by atomic mass is 9.77. The lowest BCUT2D eigenvalue weighted by Gasteiger charge is -2.33. The summed E-state index contributed by atoms with van der Waals surface area (Å²) in [4.78, 5) is 31.4. The van der Waals surface area contributed by atoms with Crippen LogP contribution in [-0.4, -0.2) is 54.1 Å². The van der Waals surface area contributed by atoms with Gasteiger partial charge in [-0.3, -0.25) is 9.69 Å². The summed E-state index contributed by atoms with van der Waals surface area (Å²) in [6.07, 6.45) is 7.40. The van der Waals surface area contributed by atoms with E-state index in [4.69, 9.17) is 0 Å². The molecule has 2 aliphatic heterocycles. The predicted molar refractivity (Wildman–Crippen MR) is 115 cm³/mol. The molecule has 0 unspecified atom stereocenters. The van der Waals surface area contributed by atoms with Crippen LogP contribution < -0.4 is 10.2 Å². The maximum absolute atomic E-state index is 13.0. The van der Waals surface area contributed by atoms with Gasteiger partial charge in [-0.05, 0) is 75.6 Å². The lowest BCUT2D eigenvalue weighted by Crippen LogP contribution is -2.49. The van der Waals surface area contributed by atoms with Crippen molar-refractivity contribution in [3.8, 4) is 0 Å². The Morgan fingerprint density at radius 3 is 2.38 bits per heavy atom. The number of carbonyl (C=O) groups is 2. The maximum atomic E-state index is 13.0. The first-order valence-electron chi connectivity index (χ1n) is 11.1. The molecule has 0 aromatic heterocycles. The molecule has 1 aromatic carbocycles. The summed E-state index contributed by atoms with van der Waals surface area (Å²) in [5.41, 5.74) is 1.83. The fourth-order valence-corrected chi connectivity index (χ4v) is 4.97. The zero-order valence-corrected chi connectivity index (χ0v) is 17.8. The molecule has 0 radical (unpaired) electrons. The standard InChI is InChI=1S/C23H34N4O2/c1-18-10-12-23(13-11-18)21(28)27(22(29)24-23)17-25(2)16-19-6-8-20(9-7-19)26-14-4-3-5-15-26/h6-9,18H,3-5,10-17H2,1-2H3,(H,24,29). The van der Waals surface area contributed by atoms with E-state index in [-0.39, 0.29) is 11.9 Å². The van der Waals surface area contributed by atoms with E-state index in [9.17, 15) is 9.59 Å². The predicted octanol–water partition coefficient (Wildman–Crippen LogP) is 3.57. The van der Waals surface area contributed by atoms with Crippen LogP contribution in [0.4, 0.5) is 10.5 Å². The van der Waals surface area contributed by atoms with Crippen LogP contribution in [0.2, 0.25) is 0 Å². The van der Waals surface area contributed by atoms with Crippen LogP contribution in [0.1, 0.15) is 57.4 Å². The average Bonchev–Trinajstić information content (AvgIpc) is 2.96. The monoisotopic (exact) mass is 398 g/mol. The summed E-state index contributed by atoms with van der Waals surface area (Å²) >= 11 is 0. The molecule has 6 nitrogen and oxygen atoms in total. The second-order valence-corrected chi connectivity index (χ2v) is 9.30. The van der Waals surface area contributed by atoms with Crippen molar-refractivity contribution < 1.29 is 9.59 Å². The molecule has 3 amide bonds. The molecule has 0 atom stereocenters. The Kier molecular flexibility index (Phi) is 5.81. The smallest absolute Gasteiger partial charge is 0.326 e. The van der Waals surface area contributed by atoms with Gasteiger partial charge in [0, 0.05) is 25.3 Å². The lowest BCUT2D eigenvalue weighted by molar-refractivity contribution is -0.134. The molecule has 4 rings (SSSR count). The number of anilines is 1. The Bertz CT molecular complexity index is 734. The highest BCUT2D eigenvalue weighted by Gasteiger charge is 2.52. The highest BCUT2D eigenvalue weighted by Crippen LogP contribution is 2.36. The topological polar surface area (TPSA) is 55.9 Å². The van der Waals surface area contributed by atoms with Crippen molar-refractivity contribution in [3.05, 3.63) is 29.8 Å². The zero-order valence-electron chi connectivity index (χ0n) is 17.8. The molecule has 1 aromatic rings. The first-order valence-corrected chi connectivity index (χ1v) is 11.1. The zero-order chi connectivity index (χ0) is 20.4. The molecular weight excluding hydrogens is 364 g/mol. The molecule has 158 valence electrons. The molecule has 6 heteroatoms. The van der Waals surface area contributed by atoms with Crippen molar-refractivity contribution in [2.75, 3.05) is 31.7 Å². The molecule has 29 heavy (non-hydrogen) atoms. The van der Waals surface area contributed by atoms with E-state index in [1.807, 2.05) is 11.9 Å². The number of imide groups is 1. The molecule has 1 N–H and O–H groups in total. The second kappa shape index (κ2) is 8.34. The van der Waals surface area contributed by atoms with Crippen molar-refractivity contribution >= 4 is 17.6 Å². The number of urea groups is 1. The van der Waals surface area contributed by atoms with Gasteiger partial charge in [-0.1, -0.05) is 19.1 Å². The molecule has 3 fully saturated rings. The summed E-state index contributed by atoms with van der Waals surface area (Å²) < 4.78 is 0. The van der Waals surface area contributed by atoms with E-state index in [0.29, 0.717) is 19.1 Å². The van der Waals surface area contributed by atoms with Crippen LogP contribution in [0.3, 0.4) is 0 Å². The number of rotatable bonds is 5. The van der Waals surface area contributed by atoms with E-state index in [0.717, 1.165) is 38.8 Å². The Labute approximate surface area is 174 Å². The molecule has 1 saturated carbocycles. The van der Waals surface area contributed by atoms with Gasteiger partial charge in [0.15, 0.2) is 0 Å². The molecule has 1 aliphatic carbocycles. The number of hydrogen-bond donors (Lipinski definition) is 1. The average molecular weight is 399 g/mol. The fourth-order valence-electron chi connectivity index (χ4n) is 4.97. The third-order valence-corrected chi connectivity index (χ3v) is 6.87. The summed E-state index contributed by atoms with van der Waals surface area (Å²) in [6.45, 7) is 5.55.